The third-order valence-corrected chi connectivity index (χ3v) is 2.54. The Morgan fingerprint density at radius 3 is 2.71 bits per heavy atom. The van der Waals surface area contributed by atoms with Gasteiger partial charge in [-0.3, -0.25) is 4.99 Å². The van der Waals surface area contributed by atoms with Crippen LogP contribution in [0.25, 0.3) is 0 Å². The summed E-state index contributed by atoms with van der Waals surface area (Å²) in [7, 11) is 0. The van der Waals surface area contributed by atoms with Crippen molar-refractivity contribution in [3.05, 3.63) is 23.9 Å². The minimum atomic E-state index is -4.35. The molecular weight excluding hydrogens is 400 g/mol. The molecule has 0 saturated carbocycles. The smallest absolute Gasteiger partial charge is 0.422 e. The number of rotatable bonds is 4. The Kier molecular flexibility index (Phi) is 6.99. The molecule has 1 aliphatic rings. The zero-order chi connectivity index (χ0) is 14.4. The van der Waals surface area contributed by atoms with Crippen LogP contribution >= 0.6 is 24.0 Å². The van der Waals surface area contributed by atoms with E-state index in [2.05, 4.69) is 25.3 Å². The Hall–Kier alpha value is -1.26. The molecule has 9 heteroatoms. The maximum atomic E-state index is 12.0. The van der Waals surface area contributed by atoms with E-state index in [0.29, 0.717) is 6.54 Å². The maximum Gasteiger partial charge on any atom is 0.422 e. The predicted octanol–water partition coefficient (Wildman–Crippen LogP) is 2.08. The zero-order valence-electron chi connectivity index (χ0n) is 11.1. The number of halogens is 4. The molecule has 21 heavy (non-hydrogen) atoms. The number of hydrogen-bond acceptors (Lipinski definition) is 5. The summed E-state index contributed by atoms with van der Waals surface area (Å²) in [6.07, 6.45) is -1.87. The summed E-state index contributed by atoms with van der Waals surface area (Å²) >= 11 is 0. The molecule has 1 aromatic heterocycles. The van der Waals surface area contributed by atoms with Gasteiger partial charge in [0.25, 0.3) is 0 Å². The van der Waals surface area contributed by atoms with Gasteiger partial charge in [0, 0.05) is 31.9 Å². The van der Waals surface area contributed by atoms with Crippen LogP contribution in [-0.2, 0) is 6.54 Å². The number of aliphatic imine (C=N–C) groups is 1. The fourth-order valence-electron chi connectivity index (χ4n) is 1.59. The number of nitrogens with zero attached hydrogens (tertiary/aromatic N) is 2. The molecule has 0 bridgehead atoms. The van der Waals surface area contributed by atoms with Gasteiger partial charge < -0.3 is 15.4 Å². The summed E-state index contributed by atoms with van der Waals surface area (Å²) in [5, 5.41) is 6.20. The molecule has 0 spiro atoms. The van der Waals surface area contributed by atoms with Gasteiger partial charge in [-0.1, -0.05) is 6.07 Å². The van der Waals surface area contributed by atoms with Crippen LogP contribution < -0.4 is 15.4 Å². The first-order chi connectivity index (χ1) is 9.53. The minimum absolute atomic E-state index is 0. The molecular formula is C12H16F3IN4O. The molecule has 0 aliphatic carbocycles. The Bertz CT molecular complexity index is 465. The first-order valence-corrected chi connectivity index (χ1v) is 6.19. The molecule has 0 saturated heterocycles. The summed E-state index contributed by atoms with van der Waals surface area (Å²) in [6.45, 7) is 0.836. The van der Waals surface area contributed by atoms with E-state index in [1.165, 1.54) is 12.3 Å². The van der Waals surface area contributed by atoms with Gasteiger partial charge in [-0.2, -0.15) is 13.2 Å². The average molecular weight is 416 g/mol. The largest absolute Gasteiger partial charge is 0.468 e. The summed E-state index contributed by atoms with van der Waals surface area (Å²) in [5.41, 5.74) is 0.833. The van der Waals surface area contributed by atoms with Gasteiger partial charge in [-0.05, 0) is 12.0 Å². The fourth-order valence-corrected chi connectivity index (χ4v) is 1.59. The van der Waals surface area contributed by atoms with E-state index < -0.39 is 12.8 Å². The van der Waals surface area contributed by atoms with E-state index in [-0.39, 0.29) is 29.9 Å². The van der Waals surface area contributed by atoms with Gasteiger partial charge in [-0.25, -0.2) is 4.98 Å². The molecule has 5 nitrogen and oxygen atoms in total. The Balaban J connectivity index is 0.00000220. The lowest BCUT2D eigenvalue weighted by atomic mass is 10.3. The Morgan fingerprint density at radius 2 is 2.14 bits per heavy atom. The van der Waals surface area contributed by atoms with Crippen LogP contribution in [0, 0.1) is 0 Å². The lowest BCUT2D eigenvalue weighted by Crippen LogP contribution is -2.40. The van der Waals surface area contributed by atoms with Gasteiger partial charge in [-0.15, -0.1) is 24.0 Å². The predicted molar refractivity (Wildman–Crippen MR) is 83.0 cm³/mol. The molecule has 0 atom stereocenters. The standard InChI is InChI=1S/C12H15F3N4O.HI/c13-12(14,15)8-20-10-3-2-9(6-18-10)7-19-11-16-4-1-5-17-11;/h2-3,6H,1,4-5,7-8H2,(H2,16,17,19);1H. The number of hydrogen-bond donors (Lipinski definition) is 2. The van der Waals surface area contributed by atoms with E-state index in [9.17, 15) is 13.2 Å². The van der Waals surface area contributed by atoms with Crippen LogP contribution in [0.2, 0.25) is 0 Å². The van der Waals surface area contributed by atoms with Crippen molar-refractivity contribution >= 4 is 29.9 Å². The van der Waals surface area contributed by atoms with Crippen LogP contribution in [0.5, 0.6) is 5.88 Å². The first kappa shape index (κ1) is 17.8. The molecule has 1 aliphatic heterocycles. The Labute approximate surface area is 137 Å². The van der Waals surface area contributed by atoms with Crippen LogP contribution in [-0.4, -0.2) is 36.8 Å². The molecule has 0 fully saturated rings. The van der Waals surface area contributed by atoms with Crippen LogP contribution in [0.3, 0.4) is 0 Å². The maximum absolute atomic E-state index is 12.0. The highest BCUT2D eigenvalue weighted by Gasteiger charge is 2.28. The number of pyridine rings is 1. The van der Waals surface area contributed by atoms with E-state index >= 15 is 0 Å². The van der Waals surface area contributed by atoms with Crippen molar-refractivity contribution in [2.45, 2.75) is 19.1 Å². The summed E-state index contributed by atoms with van der Waals surface area (Å²) in [6, 6.07) is 3.08. The topological polar surface area (TPSA) is 58.5 Å². The lowest BCUT2D eigenvalue weighted by molar-refractivity contribution is -0.154. The third kappa shape index (κ3) is 6.82. The highest BCUT2D eigenvalue weighted by Crippen LogP contribution is 2.16. The van der Waals surface area contributed by atoms with Gasteiger partial charge in [0.2, 0.25) is 5.88 Å². The highest BCUT2D eigenvalue weighted by atomic mass is 127. The van der Waals surface area contributed by atoms with Gasteiger partial charge in [0.1, 0.15) is 0 Å². The number of guanidine groups is 1. The summed E-state index contributed by atoms with van der Waals surface area (Å²) in [4.78, 5) is 8.07. The van der Waals surface area contributed by atoms with Crippen molar-refractivity contribution < 1.29 is 17.9 Å². The molecule has 0 radical (unpaired) electrons. The molecule has 1 aromatic rings. The summed E-state index contributed by atoms with van der Waals surface area (Å²) < 4.78 is 40.4. The lowest BCUT2D eigenvalue weighted by Gasteiger charge is -2.16. The van der Waals surface area contributed by atoms with Gasteiger partial charge >= 0.3 is 6.18 Å². The highest BCUT2D eigenvalue weighted by molar-refractivity contribution is 14.0. The SMILES string of the molecule is FC(F)(F)COc1ccc(CNC2=NCCCN2)cn1.I. The molecule has 118 valence electrons. The molecule has 2 rings (SSSR count). The van der Waals surface area contributed by atoms with Crippen molar-refractivity contribution in [2.75, 3.05) is 19.7 Å². The average Bonchev–Trinajstić information content (AvgIpc) is 2.44. The van der Waals surface area contributed by atoms with E-state index in [1.54, 1.807) is 6.07 Å². The van der Waals surface area contributed by atoms with Crippen LogP contribution in [0.4, 0.5) is 13.2 Å². The van der Waals surface area contributed by atoms with Gasteiger partial charge in [0.15, 0.2) is 12.6 Å². The van der Waals surface area contributed by atoms with Gasteiger partial charge in [0.05, 0.1) is 0 Å². The quantitative estimate of drug-likeness (QED) is 0.739. The van der Waals surface area contributed by atoms with Crippen molar-refractivity contribution in [3.8, 4) is 5.88 Å². The van der Waals surface area contributed by atoms with Crippen molar-refractivity contribution in [1.29, 1.82) is 0 Å². The van der Waals surface area contributed by atoms with E-state index in [0.717, 1.165) is 31.0 Å². The zero-order valence-corrected chi connectivity index (χ0v) is 13.4. The number of alkyl halides is 3. The first-order valence-electron chi connectivity index (χ1n) is 6.19. The van der Waals surface area contributed by atoms with E-state index in [1.807, 2.05) is 0 Å². The summed E-state index contributed by atoms with van der Waals surface area (Å²) in [5.74, 6) is 0.688. The Morgan fingerprint density at radius 1 is 1.33 bits per heavy atom. The minimum Gasteiger partial charge on any atom is -0.468 e. The van der Waals surface area contributed by atoms with Crippen LogP contribution in [0.1, 0.15) is 12.0 Å². The molecule has 0 aromatic carbocycles. The third-order valence-electron chi connectivity index (χ3n) is 2.54. The monoisotopic (exact) mass is 416 g/mol. The normalized spacial score (nSPS) is 14.5. The second-order valence-corrected chi connectivity index (χ2v) is 4.27. The second kappa shape index (κ2) is 8.25. The van der Waals surface area contributed by atoms with Crippen molar-refractivity contribution in [1.82, 2.24) is 15.6 Å². The number of ether oxygens (including phenoxy) is 1. The molecule has 0 unspecified atom stereocenters. The van der Waals surface area contributed by atoms with E-state index in [4.69, 9.17) is 0 Å². The molecule has 2 heterocycles. The van der Waals surface area contributed by atoms with Crippen LogP contribution in [0.15, 0.2) is 23.3 Å². The molecule has 0 amide bonds. The second-order valence-electron chi connectivity index (χ2n) is 4.27. The number of nitrogens with one attached hydrogen (secondary N) is 2. The molecule has 2 N–H and O–H groups in total. The number of aromatic nitrogens is 1. The van der Waals surface area contributed by atoms with Crippen molar-refractivity contribution in [2.24, 2.45) is 4.99 Å². The van der Waals surface area contributed by atoms with Crippen molar-refractivity contribution in [3.63, 3.8) is 0 Å². The fraction of sp³-hybridized carbons (Fsp3) is 0.500.